The van der Waals surface area contributed by atoms with Crippen molar-refractivity contribution >= 4 is 27.5 Å². The fourth-order valence-electron chi connectivity index (χ4n) is 3.33. The maximum absolute atomic E-state index is 10.9. The quantitative estimate of drug-likeness (QED) is 0.685. The van der Waals surface area contributed by atoms with Gasteiger partial charge in [-0.1, -0.05) is 27.5 Å². The van der Waals surface area contributed by atoms with Gasteiger partial charge in [0.2, 0.25) is 0 Å². The van der Waals surface area contributed by atoms with Crippen molar-refractivity contribution in [2.45, 2.75) is 61.7 Å². The van der Waals surface area contributed by atoms with Gasteiger partial charge in [-0.3, -0.25) is 4.98 Å². The van der Waals surface area contributed by atoms with Gasteiger partial charge in [-0.15, -0.1) is 0 Å². The maximum Gasteiger partial charge on any atom is 0.145 e. The van der Waals surface area contributed by atoms with Crippen LogP contribution in [0.1, 0.15) is 50.2 Å². The first kappa shape index (κ1) is 19.4. The van der Waals surface area contributed by atoms with Gasteiger partial charge in [0.1, 0.15) is 12.4 Å². The van der Waals surface area contributed by atoms with Crippen molar-refractivity contribution < 1.29 is 19.3 Å². The zero-order valence-corrected chi connectivity index (χ0v) is 16.5. The molecule has 0 aliphatic carbocycles. The number of alkyl halides is 1. The Kier molecular flexibility index (Phi) is 7.37. The molecular weight excluding hydrogens is 410 g/mol. The second kappa shape index (κ2) is 9.51. The van der Waals surface area contributed by atoms with E-state index in [9.17, 15) is 5.11 Å². The standard InChI is InChI=1S/C18H25BrClNO4/c19-17(14-6-2-4-8-24-14)18(22)16-13(20)9-21-10-15(16)25-11-12-5-1-3-7-23-12/h9-10,12,14,17-18,22H,1-8,11H2. The summed E-state index contributed by atoms with van der Waals surface area (Å²) in [5.74, 6) is 0.509. The number of ether oxygens (including phenoxy) is 3. The average Bonchev–Trinajstić information content (AvgIpc) is 2.67. The van der Waals surface area contributed by atoms with Crippen molar-refractivity contribution in [1.82, 2.24) is 4.98 Å². The molecule has 0 radical (unpaired) electrons. The van der Waals surface area contributed by atoms with Crippen LogP contribution in [0.3, 0.4) is 0 Å². The van der Waals surface area contributed by atoms with E-state index in [1.807, 2.05) is 0 Å². The van der Waals surface area contributed by atoms with Crippen molar-refractivity contribution in [3.05, 3.63) is 23.0 Å². The van der Waals surface area contributed by atoms with Crippen LogP contribution in [0.4, 0.5) is 0 Å². The van der Waals surface area contributed by atoms with E-state index >= 15 is 0 Å². The molecule has 2 aliphatic rings. The molecule has 3 heterocycles. The van der Waals surface area contributed by atoms with Gasteiger partial charge in [0, 0.05) is 25.0 Å². The molecule has 1 aromatic heterocycles. The van der Waals surface area contributed by atoms with Crippen LogP contribution in [0.25, 0.3) is 0 Å². The predicted molar refractivity (Wildman–Crippen MR) is 99.6 cm³/mol. The number of aliphatic hydroxyl groups is 1. The van der Waals surface area contributed by atoms with Crippen LogP contribution in [-0.4, -0.2) is 46.9 Å². The molecule has 0 spiro atoms. The van der Waals surface area contributed by atoms with Gasteiger partial charge in [-0.2, -0.15) is 0 Å². The monoisotopic (exact) mass is 433 g/mol. The minimum atomic E-state index is -0.833. The van der Waals surface area contributed by atoms with E-state index in [1.165, 1.54) is 6.20 Å². The molecule has 4 unspecified atom stereocenters. The molecule has 0 saturated carbocycles. The first-order valence-corrected chi connectivity index (χ1v) is 10.3. The number of hydrogen-bond acceptors (Lipinski definition) is 5. The summed E-state index contributed by atoms with van der Waals surface area (Å²) in [7, 11) is 0. The highest BCUT2D eigenvalue weighted by Crippen LogP contribution is 2.38. The highest BCUT2D eigenvalue weighted by molar-refractivity contribution is 9.09. The molecule has 5 nitrogen and oxygen atoms in total. The summed E-state index contributed by atoms with van der Waals surface area (Å²) < 4.78 is 17.4. The molecule has 4 atom stereocenters. The minimum Gasteiger partial charge on any atom is -0.489 e. The Morgan fingerprint density at radius 3 is 2.64 bits per heavy atom. The lowest BCUT2D eigenvalue weighted by molar-refractivity contribution is -0.0150. The van der Waals surface area contributed by atoms with E-state index in [1.54, 1.807) is 6.20 Å². The molecule has 7 heteroatoms. The fourth-order valence-corrected chi connectivity index (χ4v) is 4.27. The predicted octanol–water partition coefficient (Wildman–Crippen LogP) is 4.05. The summed E-state index contributed by atoms with van der Waals surface area (Å²) in [4.78, 5) is 3.86. The third-order valence-electron chi connectivity index (χ3n) is 4.77. The van der Waals surface area contributed by atoms with Crippen LogP contribution >= 0.6 is 27.5 Å². The van der Waals surface area contributed by atoms with Crippen molar-refractivity contribution in [2.24, 2.45) is 0 Å². The minimum absolute atomic E-state index is 0.0393. The lowest BCUT2D eigenvalue weighted by Gasteiger charge is -2.31. The molecule has 0 bridgehead atoms. The molecule has 25 heavy (non-hydrogen) atoms. The van der Waals surface area contributed by atoms with Crippen LogP contribution < -0.4 is 4.74 Å². The van der Waals surface area contributed by atoms with E-state index in [0.717, 1.165) is 51.7 Å². The Morgan fingerprint density at radius 2 is 1.96 bits per heavy atom. The fraction of sp³-hybridized carbons (Fsp3) is 0.722. The van der Waals surface area contributed by atoms with Gasteiger partial charge in [0.25, 0.3) is 0 Å². The van der Waals surface area contributed by atoms with Gasteiger partial charge in [0.05, 0.1) is 34.4 Å². The van der Waals surface area contributed by atoms with Crippen LogP contribution in [0.2, 0.25) is 5.02 Å². The molecule has 2 aliphatic heterocycles. The average molecular weight is 435 g/mol. The summed E-state index contributed by atoms with van der Waals surface area (Å²) in [5.41, 5.74) is 0.559. The lowest BCUT2D eigenvalue weighted by Crippen LogP contribution is -2.33. The third kappa shape index (κ3) is 5.07. The zero-order valence-electron chi connectivity index (χ0n) is 14.2. The summed E-state index contributed by atoms with van der Waals surface area (Å²) in [5, 5.41) is 11.3. The first-order chi connectivity index (χ1) is 12.2. The molecule has 0 aromatic carbocycles. The van der Waals surface area contributed by atoms with Crippen molar-refractivity contribution in [3.8, 4) is 5.75 Å². The van der Waals surface area contributed by atoms with Gasteiger partial charge in [-0.25, -0.2) is 0 Å². The summed E-state index contributed by atoms with van der Waals surface area (Å²) in [6, 6.07) is 0. The summed E-state index contributed by atoms with van der Waals surface area (Å²) in [6.07, 6.45) is 8.68. The number of halogens is 2. The van der Waals surface area contributed by atoms with Crippen LogP contribution in [0, 0.1) is 0 Å². The smallest absolute Gasteiger partial charge is 0.145 e. The molecule has 1 N–H and O–H groups in total. The van der Waals surface area contributed by atoms with Gasteiger partial charge < -0.3 is 19.3 Å². The van der Waals surface area contributed by atoms with E-state index in [2.05, 4.69) is 20.9 Å². The number of hydrogen-bond donors (Lipinski definition) is 1. The molecule has 2 saturated heterocycles. The summed E-state index contributed by atoms with van der Waals surface area (Å²) in [6.45, 7) is 1.94. The Hall–Kier alpha value is -0.400. The van der Waals surface area contributed by atoms with E-state index in [-0.39, 0.29) is 17.0 Å². The Balaban J connectivity index is 1.70. The molecule has 0 amide bonds. The molecular formula is C18H25BrClNO4. The number of pyridine rings is 1. The van der Waals surface area contributed by atoms with Crippen molar-refractivity contribution in [2.75, 3.05) is 19.8 Å². The topological polar surface area (TPSA) is 60.8 Å². The van der Waals surface area contributed by atoms with Crippen LogP contribution in [0.5, 0.6) is 5.75 Å². The molecule has 2 fully saturated rings. The number of nitrogens with zero attached hydrogens (tertiary/aromatic N) is 1. The number of aliphatic hydroxyl groups excluding tert-OH is 1. The van der Waals surface area contributed by atoms with Crippen molar-refractivity contribution in [1.29, 1.82) is 0 Å². The number of aromatic nitrogens is 1. The zero-order chi connectivity index (χ0) is 17.6. The Labute approximate surface area is 162 Å². The SMILES string of the molecule is OC(c1c(Cl)cncc1OCC1CCCCO1)C(Br)C1CCCCO1. The third-order valence-corrected chi connectivity index (χ3v) is 6.16. The Bertz CT molecular complexity index is 550. The highest BCUT2D eigenvalue weighted by Gasteiger charge is 2.32. The molecule has 3 rings (SSSR count). The lowest BCUT2D eigenvalue weighted by atomic mass is 9.98. The summed E-state index contributed by atoms with van der Waals surface area (Å²) >= 11 is 9.94. The van der Waals surface area contributed by atoms with E-state index in [0.29, 0.717) is 22.9 Å². The molecule has 1 aromatic rings. The van der Waals surface area contributed by atoms with Crippen LogP contribution in [-0.2, 0) is 9.47 Å². The van der Waals surface area contributed by atoms with E-state index in [4.69, 9.17) is 25.8 Å². The maximum atomic E-state index is 10.9. The van der Waals surface area contributed by atoms with Gasteiger partial charge in [0.15, 0.2) is 0 Å². The van der Waals surface area contributed by atoms with E-state index < -0.39 is 6.10 Å². The van der Waals surface area contributed by atoms with Crippen molar-refractivity contribution in [3.63, 3.8) is 0 Å². The van der Waals surface area contributed by atoms with Crippen LogP contribution in [0.15, 0.2) is 12.4 Å². The second-order valence-corrected chi connectivity index (χ2v) is 8.09. The van der Waals surface area contributed by atoms with Gasteiger partial charge in [-0.05, 0) is 38.5 Å². The highest BCUT2D eigenvalue weighted by atomic mass is 79.9. The van der Waals surface area contributed by atoms with Gasteiger partial charge >= 0.3 is 0 Å². The normalized spacial score (nSPS) is 26.8. The number of rotatable bonds is 6. The second-order valence-electron chi connectivity index (χ2n) is 6.63. The largest absolute Gasteiger partial charge is 0.489 e. The Morgan fingerprint density at radius 1 is 1.20 bits per heavy atom. The first-order valence-electron chi connectivity index (χ1n) is 8.98. The molecule has 140 valence electrons.